The zero-order valence-corrected chi connectivity index (χ0v) is 17.6. The molecule has 1 fully saturated rings. The van der Waals surface area contributed by atoms with Crippen molar-refractivity contribution in [2.24, 2.45) is 0 Å². The molecule has 3 atom stereocenters. The number of carbonyl (C=O) groups excluding carboxylic acids is 3. The number of carboxylic acids is 1. The fourth-order valence-electron chi connectivity index (χ4n) is 4.36. The van der Waals surface area contributed by atoms with Crippen LogP contribution >= 0.6 is 0 Å². The lowest BCUT2D eigenvalue weighted by Crippen LogP contribution is -2.66. The number of nitrogens with one attached hydrogen (secondary N) is 1. The number of piperazine rings is 1. The number of pyridine rings is 1. The molecular formula is C23H24N4O5. The van der Waals surface area contributed by atoms with Crippen molar-refractivity contribution >= 4 is 34.5 Å². The first-order valence-electron chi connectivity index (χ1n) is 10.5. The summed E-state index contributed by atoms with van der Waals surface area (Å²) in [5.74, 6) is -2.38. The van der Waals surface area contributed by atoms with Crippen molar-refractivity contribution in [2.75, 3.05) is 13.1 Å². The summed E-state index contributed by atoms with van der Waals surface area (Å²) in [5.41, 5.74) is 0.203. The molecule has 32 heavy (non-hydrogen) atoms. The minimum absolute atomic E-state index is 0.0812. The van der Waals surface area contributed by atoms with Gasteiger partial charge in [-0.25, -0.2) is 4.79 Å². The maximum Gasteiger partial charge on any atom is 0.328 e. The highest BCUT2D eigenvalue weighted by Gasteiger charge is 2.44. The van der Waals surface area contributed by atoms with Crippen molar-refractivity contribution in [2.45, 2.75) is 37.9 Å². The third-order valence-electron chi connectivity index (χ3n) is 5.98. The average Bonchev–Trinajstić information content (AvgIpc) is 2.78. The molecule has 1 aromatic carbocycles. The van der Waals surface area contributed by atoms with Gasteiger partial charge in [0.15, 0.2) is 0 Å². The van der Waals surface area contributed by atoms with Crippen molar-refractivity contribution in [3.63, 3.8) is 0 Å². The molecule has 9 heteroatoms. The van der Waals surface area contributed by atoms with E-state index < -0.39 is 35.9 Å². The van der Waals surface area contributed by atoms with Gasteiger partial charge in [0.2, 0.25) is 11.8 Å². The summed E-state index contributed by atoms with van der Waals surface area (Å²) in [6, 6.07) is 6.53. The second-order valence-electron chi connectivity index (χ2n) is 8.03. The highest BCUT2D eigenvalue weighted by molar-refractivity contribution is 6.06. The van der Waals surface area contributed by atoms with Crippen molar-refractivity contribution in [3.8, 4) is 0 Å². The Morgan fingerprint density at radius 3 is 2.59 bits per heavy atom. The maximum absolute atomic E-state index is 13.4. The van der Waals surface area contributed by atoms with E-state index in [-0.39, 0.29) is 31.1 Å². The van der Waals surface area contributed by atoms with Crippen LogP contribution in [0, 0.1) is 0 Å². The molecule has 1 saturated heterocycles. The Morgan fingerprint density at radius 2 is 1.84 bits per heavy atom. The lowest BCUT2D eigenvalue weighted by Gasteiger charge is -2.46. The molecule has 3 amide bonds. The number of aromatic nitrogens is 1. The molecule has 0 saturated carbocycles. The molecule has 1 aromatic heterocycles. The summed E-state index contributed by atoms with van der Waals surface area (Å²) in [6.07, 6.45) is 5.88. The van der Waals surface area contributed by atoms with Crippen LogP contribution in [0.2, 0.25) is 0 Å². The lowest BCUT2D eigenvalue weighted by molar-refractivity contribution is -0.160. The minimum atomic E-state index is -1.18. The van der Waals surface area contributed by atoms with Crippen molar-refractivity contribution in [3.05, 3.63) is 54.4 Å². The van der Waals surface area contributed by atoms with Crippen LogP contribution < -0.4 is 5.32 Å². The van der Waals surface area contributed by atoms with E-state index in [9.17, 15) is 24.3 Å². The van der Waals surface area contributed by atoms with Gasteiger partial charge in [-0.15, -0.1) is 0 Å². The number of hydrogen-bond donors (Lipinski definition) is 2. The van der Waals surface area contributed by atoms with Gasteiger partial charge in [-0.1, -0.05) is 36.4 Å². The van der Waals surface area contributed by atoms with Gasteiger partial charge < -0.3 is 20.2 Å². The van der Waals surface area contributed by atoms with Gasteiger partial charge in [-0.2, -0.15) is 0 Å². The largest absolute Gasteiger partial charge is 0.480 e. The van der Waals surface area contributed by atoms with Gasteiger partial charge in [-0.3, -0.25) is 19.4 Å². The van der Waals surface area contributed by atoms with E-state index in [1.54, 1.807) is 24.3 Å². The van der Waals surface area contributed by atoms with E-state index in [1.807, 2.05) is 18.2 Å². The van der Waals surface area contributed by atoms with Crippen molar-refractivity contribution < 1.29 is 24.3 Å². The average molecular weight is 436 g/mol. The molecule has 2 aliphatic rings. The minimum Gasteiger partial charge on any atom is -0.480 e. The Labute approximate surface area is 184 Å². The Hall–Kier alpha value is -3.75. The number of carboxylic acid groups (broad SMARTS) is 1. The second kappa shape index (κ2) is 8.78. The molecule has 2 aliphatic heterocycles. The fraction of sp³-hybridized carbons (Fsp3) is 0.348. The van der Waals surface area contributed by atoms with Gasteiger partial charge >= 0.3 is 5.97 Å². The van der Waals surface area contributed by atoms with E-state index in [2.05, 4.69) is 10.3 Å². The Kier molecular flexibility index (Phi) is 5.89. The molecule has 3 heterocycles. The molecule has 0 bridgehead atoms. The summed E-state index contributed by atoms with van der Waals surface area (Å²) in [4.78, 5) is 57.3. The zero-order valence-electron chi connectivity index (χ0n) is 17.6. The van der Waals surface area contributed by atoms with Crippen molar-refractivity contribution in [1.29, 1.82) is 0 Å². The molecule has 9 nitrogen and oxygen atoms in total. The standard InChI is InChI=1S/C23H24N4O5/c1-14(28)26-12-16-7-3-5-9-18(22(30)27(16)19(13-26)23(31)32)25-21(29)20-17-8-4-2-6-15(17)10-11-24-20/h2-6,8,10-11,16,18-19H,7,9,12-13H2,1H3,(H,25,29)(H,31,32)/b5-3-/t16-,18-,19-/m0/s1. The van der Waals surface area contributed by atoms with Gasteiger partial charge in [-0.05, 0) is 24.3 Å². The van der Waals surface area contributed by atoms with Crippen molar-refractivity contribution in [1.82, 2.24) is 20.1 Å². The topological polar surface area (TPSA) is 120 Å². The van der Waals surface area contributed by atoms with Crippen LogP contribution in [-0.4, -0.2) is 74.8 Å². The SMILES string of the molecule is CC(=O)N1C[C@@H]2C/C=C\C[C@H](NC(=O)c3nccc4ccccc34)C(=O)N2[C@H](C(=O)O)C1. The monoisotopic (exact) mass is 436 g/mol. The van der Waals surface area contributed by atoms with Crippen LogP contribution in [0.3, 0.4) is 0 Å². The third kappa shape index (κ3) is 4.05. The number of carbonyl (C=O) groups is 4. The van der Waals surface area contributed by atoms with Crippen LogP contribution in [0.5, 0.6) is 0 Å². The Morgan fingerprint density at radius 1 is 1.09 bits per heavy atom. The molecule has 2 aromatic rings. The number of fused-ring (bicyclic) bond motifs is 2. The number of rotatable bonds is 3. The van der Waals surface area contributed by atoms with Gasteiger partial charge in [0, 0.05) is 25.1 Å². The van der Waals surface area contributed by atoms with E-state index in [0.29, 0.717) is 11.8 Å². The maximum atomic E-state index is 13.4. The zero-order chi connectivity index (χ0) is 22.8. The fourth-order valence-corrected chi connectivity index (χ4v) is 4.36. The molecular weight excluding hydrogens is 412 g/mol. The molecule has 0 spiro atoms. The first kappa shape index (κ1) is 21.5. The van der Waals surface area contributed by atoms with Crippen LogP contribution in [0.4, 0.5) is 0 Å². The highest BCUT2D eigenvalue weighted by Crippen LogP contribution is 2.24. The molecule has 0 radical (unpaired) electrons. The number of nitrogens with zero attached hydrogens (tertiary/aromatic N) is 3. The summed E-state index contributed by atoms with van der Waals surface area (Å²) in [5, 5.41) is 14.0. The number of aliphatic carboxylic acids is 1. The Bertz CT molecular complexity index is 1110. The molecule has 2 N–H and O–H groups in total. The third-order valence-corrected chi connectivity index (χ3v) is 5.98. The van der Waals surface area contributed by atoms with Crippen LogP contribution in [0.1, 0.15) is 30.3 Å². The predicted octanol–water partition coefficient (Wildman–Crippen LogP) is 1.20. The first-order valence-corrected chi connectivity index (χ1v) is 10.5. The Balaban J connectivity index is 1.62. The van der Waals surface area contributed by atoms with Gasteiger partial charge in [0.25, 0.3) is 5.91 Å². The molecule has 4 rings (SSSR count). The number of benzene rings is 1. The van der Waals surface area contributed by atoms with E-state index in [1.165, 1.54) is 22.9 Å². The molecule has 166 valence electrons. The number of amides is 3. The second-order valence-corrected chi connectivity index (χ2v) is 8.03. The summed E-state index contributed by atoms with van der Waals surface area (Å²) >= 11 is 0. The molecule has 0 aliphatic carbocycles. The smallest absolute Gasteiger partial charge is 0.328 e. The summed E-state index contributed by atoms with van der Waals surface area (Å²) in [6.45, 7) is 1.55. The first-order chi connectivity index (χ1) is 15.4. The number of hydrogen-bond acceptors (Lipinski definition) is 5. The normalized spacial score (nSPS) is 24.3. The quantitative estimate of drug-likeness (QED) is 0.698. The van der Waals surface area contributed by atoms with Gasteiger partial charge in [0.05, 0.1) is 12.6 Å². The van der Waals surface area contributed by atoms with E-state index >= 15 is 0 Å². The van der Waals surface area contributed by atoms with E-state index in [4.69, 9.17) is 0 Å². The van der Waals surface area contributed by atoms with Crippen LogP contribution in [-0.2, 0) is 14.4 Å². The van der Waals surface area contributed by atoms with Crippen LogP contribution in [0.15, 0.2) is 48.7 Å². The highest BCUT2D eigenvalue weighted by atomic mass is 16.4. The summed E-state index contributed by atoms with van der Waals surface area (Å²) < 4.78 is 0. The lowest BCUT2D eigenvalue weighted by atomic mass is 9.97. The van der Waals surface area contributed by atoms with Gasteiger partial charge in [0.1, 0.15) is 17.8 Å². The van der Waals surface area contributed by atoms with Crippen LogP contribution in [0.25, 0.3) is 10.8 Å². The predicted molar refractivity (Wildman–Crippen MR) is 116 cm³/mol. The summed E-state index contributed by atoms with van der Waals surface area (Å²) in [7, 11) is 0. The molecule has 0 unspecified atom stereocenters. The van der Waals surface area contributed by atoms with E-state index in [0.717, 1.165) is 5.39 Å².